The van der Waals surface area contributed by atoms with E-state index in [1.807, 2.05) is 6.92 Å². The molecule has 7 nitrogen and oxygen atoms in total. The van der Waals surface area contributed by atoms with Crippen molar-refractivity contribution in [3.05, 3.63) is 88.9 Å². The molecule has 0 aliphatic heterocycles. The number of rotatable bonds is 5. The number of H-pyrrole nitrogens is 1. The quantitative estimate of drug-likeness (QED) is 0.427. The first-order valence-corrected chi connectivity index (χ1v) is 10.1. The highest BCUT2D eigenvalue weighted by Crippen LogP contribution is 2.28. The molecule has 0 unspecified atom stereocenters. The summed E-state index contributed by atoms with van der Waals surface area (Å²) in [5.74, 6) is -0.534. The van der Waals surface area contributed by atoms with Gasteiger partial charge < -0.3 is 10.3 Å². The van der Waals surface area contributed by atoms with E-state index in [-0.39, 0.29) is 11.4 Å². The van der Waals surface area contributed by atoms with Gasteiger partial charge in [-0.2, -0.15) is 0 Å². The van der Waals surface area contributed by atoms with Crippen molar-refractivity contribution in [3.63, 3.8) is 0 Å². The Bertz CT molecular complexity index is 1490. The fraction of sp³-hybridized carbons (Fsp3) is 0.130. The average molecular weight is 432 g/mol. The van der Waals surface area contributed by atoms with Gasteiger partial charge in [-0.3, -0.25) is 9.36 Å². The predicted octanol–water partition coefficient (Wildman–Crippen LogP) is 4.50. The molecule has 0 amide bonds. The van der Waals surface area contributed by atoms with Gasteiger partial charge in [0.15, 0.2) is 11.5 Å². The zero-order valence-corrected chi connectivity index (χ0v) is 17.0. The third kappa shape index (κ3) is 3.27. The van der Waals surface area contributed by atoms with Crippen molar-refractivity contribution < 1.29 is 8.78 Å². The minimum Gasteiger partial charge on any atom is -0.360 e. The van der Waals surface area contributed by atoms with Crippen molar-refractivity contribution in [2.24, 2.45) is 0 Å². The molecule has 0 radical (unpaired) electrons. The van der Waals surface area contributed by atoms with Crippen LogP contribution in [0.3, 0.4) is 0 Å². The van der Waals surface area contributed by atoms with E-state index in [2.05, 4.69) is 25.3 Å². The average Bonchev–Trinajstić information content (AvgIpc) is 3.28. The van der Waals surface area contributed by atoms with E-state index in [0.29, 0.717) is 40.2 Å². The van der Waals surface area contributed by atoms with E-state index < -0.39 is 17.2 Å². The highest BCUT2D eigenvalue weighted by molar-refractivity contribution is 5.84. The summed E-state index contributed by atoms with van der Waals surface area (Å²) >= 11 is 0. The van der Waals surface area contributed by atoms with Gasteiger partial charge >= 0.3 is 0 Å². The Balaban J connectivity index is 1.74. The molecule has 2 aromatic carbocycles. The highest BCUT2D eigenvalue weighted by Gasteiger charge is 2.21. The Hall–Kier alpha value is -4.14. The fourth-order valence-electron chi connectivity index (χ4n) is 3.87. The second-order valence-electron chi connectivity index (χ2n) is 7.32. The lowest BCUT2D eigenvalue weighted by atomic mass is 10.0. The maximum absolute atomic E-state index is 14.6. The third-order valence-corrected chi connectivity index (χ3v) is 5.40. The van der Waals surface area contributed by atoms with Crippen molar-refractivity contribution in [3.8, 4) is 5.69 Å². The van der Waals surface area contributed by atoms with Crippen LogP contribution in [0.1, 0.15) is 25.1 Å². The van der Waals surface area contributed by atoms with Crippen LogP contribution >= 0.6 is 0 Å². The van der Waals surface area contributed by atoms with Crippen molar-refractivity contribution in [2.75, 3.05) is 5.32 Å². The van der Waals surface area contributed by atoms with Crippen LogP contribution in [-0.4, -0.2) is 24.5 Å². The number of anilines is 1. The van der Waals surface area contributed by atoms with E-state index in [9.17, 15) is 13.6 Å². The van der Waals surface area contributed by atoms with Gasteiger partial charge in [0, 0.05) is 11.4 Å². The summed E-state index contributed by atoms with van der Waals surface area (Å²) < 4.78 is 29.6. The zero-order chi connectivity index (χ0) is 22.2. The first-order chi connectivity index (χ1) is 15.6. The molecule has 5 aromatic rings. The molecule has 160 valence electrons. The molecule has 32 heavy (non-hydrogen) atoms. The number of fused-ring (bicyclic) bond motifs is 2. The summed E-state index contributed by atoms with van der Waals surface area (Å²) in [7, 11) is 0. The smallest absolute Gasteiger partial charge is 0.266 e. The van der Waals surface area contributed by atoms with Crippen LogP contribution in [-0.2, 0) is 0 Å². The van der Waals surface area contributed by atoms with Gasteiger partial charge in [0.25, 0.3) is 5.56 Å². The number of aromatic amines is 1. The largest absolute Gasteiger partial charge is 0.360 e. The number of benzene rings is 2. The number of nitrogens with one attached hydrogen (secondary N) is 2. The summed E-state index contributed by atoms with van der Waals surface area (Å²) in [6.07, 6.45) is 3.52. The molecule has 3 aromatic heterocycles. The third-order valence-electron chi connectivity index (χ3n) is 5.40. The van der Waals surface area contributed by atoms with Crippen LogP contribution in [0, 0.1) is 11.6 Å². The first kappa shape index (κ1) is 19.8. The lowest BCUT2D eigenvalue weighted by Gasteiger charge is -2.23. The predicted molar refractivity (Wildman–Crippen MR) is 118 cm³/mol. The number of nitrogens with zero attached hydrogens (tertiary/aromatic N) is 4. The number of hydrogen-bond donors (Lipinski definition) is 2. The second-order valence-corrected chi connectivity index (χ2v) is 7.32. The van der Waals surface area contributed by atoms with Gasteiger partial charge in [-0.15, -0.1) is 0 Å². The molecule has 0 aliphatic rings. The van der Waals surface area contributed by atoms with Gasteiger partial charge in [0.1, 0.15) is 23.5 Å². The molecule has 3 heterocycles. The Morgan fingerprint density at radius 3 is 2.69 bits per heavy atom. The van der Waals surface area contributed by atoms with E-state index in [0.717, 1.165) is 0 Å². The summed E-state index contributed by atoms with van der Waals surface area (Å²) in [6, 6.07) is 11.4. The van der Waals surface area contributed by atoms with Gasteiger partial charge in [0.2, 0.25) is 0 Å². The number of pyridine rings is 1. The van der Waals surface area contributed by atoms with Gasteiger partial charge in [-0.1, -0.05) is 19.1 Å². The topological polar surface area (TPSA) is 88.5 Å². The highest BCUT2D eigenvalue weighted by atomic mass is 19.1. The summed E-state index contributed by atoms with van der Waals surface area (Å²) in [4.78, 5) is 29.1. The van der Waals surface area contributed by atoms with E-state index in [1.165, 1.54) is 47.6 Å². The van der Waals surface area contributed by atoms with Crippen LogP contribution in [0.25, 0.3) is 27.6 Å². The molecule has 0 saturated carbocycles. The second kappa shape index (κ2) is 7.84. The monoisotopic (exact) mass is 432 g/mol. The summed E-state index contributed by atoms with van der Waals surface area (Å²) in [5.41, 5.74) is 1.64. The molecule has 0 bridgehead atoms. The van der Waals surface area contributed by atoms with Crippen LogP contribution in [0.5, 0.6) is 0 Å². The van der Waals surface area contributed by atoms with Crippen LogP contribution < -0.4 is 10.9 Å². The summed E-state index contributed by atoms with van der Waals surface area (Å²) in [6.45, 7) is 1.95. The Labute approximate surface area is 180 Å². The molecule has 9 heteroatoms. The lowest BCUT2D eigenvalue weighted by Crippen LogP contribution is -2.27. The molecule has 0 spiro atoms. The molecule has 2 N–H and O–H groups in total. The Morgan fingerprint density at radius 2 is 1.91 bits per heavy atom. The normalized spacial score (nSPS) is 12.3. The van der Waals surface area contributed by atoms with E-state index >= 15 is 0 Å². The van der Waals surface area contributed by atoms with Crippen LogP contribution in [0.2, 0.25) is 0 Å². The van der Waals surface area contributed by atoms with Gasteiger partial charge in [0.05, 0.1) is 17.8 Å². The van der Waals surface area contributed by atoms with Crippen LogP contribution in [0.15, 0.2) is 66.0 Å². The van der Waals surface area contributed by atoms with E-state index in [4.69, 9.17) is 0 Å². The molecule has 0 fully saturated rings. The maximum atomic E-state index is 14.6. The molecule has 1 atom stereocenters. The lowest BCUT2D eigenvalue weighted by molar-refractivity contribution is 0.625. The van der Waals surface area contributed by atoms with Crippen LogP contribution in [0.4, 0.5) is 14.6 Å². The molecular weight excluding hydrogens is 414 g/mol. The van der Waals surface area contributed by atoms with Crippen molar-refractivity contribution in [1.29, 1.82) is 0 Å². The SMILES string of the molecule is CC[C@@H](Nc1ncnc2[nH]cnc12)c1cc2cccc(F)c2c(=O)n1-c1ccc(F)cc1. The van der Waals surface area contributed by atoms with Gasteiger partial charge in [-0.25, -0.2) is 23.7 Å². The zero-order valence-electron chi connectivity index (χ0n) is 17.0. The maximum Gasteiger partial charge on any atom is 0.266 e. The fourth-order valence-corrected chi connectivity index (χ4v) is 3.87. The first-order valence-electron chi connectivity index (χ1n) is 10.1. The standard InChI is InChI=1S/C23H18F2N6O/c1-2-17(30-22-20-21(27-11-26-20)28-12-29-22)18-10-13-4-3-5-16(25)19(13)23(32)31(18)15-8-6-14(24)7-9-15/h3-12,17H,2H2,1H3,(H2,26,27,28,29,30)/t17-/m1/s1. The van der Waals surface area contributed by atoms with E-state index in [1.54, 1.807) is 18.2 Å². The minimum atomic E-state index is -0.607. The number of imidazole rings is 1. The Morgan fingerprint density at radius 1 is 1.09 bits per heavy atom. The minimum absolute atomic E-state index is 0.0212. The molecular formula is C23H18F2N6O. The number of halogens is 2. The Kier molecular flexibility index (Phi) is 4.85. The van der Waals surface area contributed by atoms with Crippen molar-refractivity contribution >= 4 is 27.8 Å². The molecule has 0 aliphatic carbocycles. The van der Waals surface area contributed by atoms with Crippen molar-refractivity contribution in [1.82, 2.24) is 24.5 Å². The number of hydrogen-bond acceptors (Lipinski definition) is 5. The summed E-state index contributed by atoms with van der Waals surface area (Å²) in [5, 5.41) is 3.80. The number of aromatic nitrogens is 5. The molecule has 0 saturated heterocycles. The van der Waals surface area contributed by atoms with Crippen molar-refractivity contribution in [2.45, 2.75) is 19.4 Å². The molecule has 5 rings (SSSR count). The van der Waals surface area contributed by atoms with Gasteiger partial charge in [-0.05, 0) is 48.2 Å².